The van der Waals surface area contributed by atoms with Gasteiger partial charge in [-0.25, -0.2) is 0 Å². The fraction of sp³-hybridized carbons (Fsp3) is 0.889. The molecule has 0 aromatic rings. The topological polar surface area (TPSA) is 24.7 Å². The molecule has 0 aromatic heterocycles. The third-order valence-electron chi connectivity index (χ3n) is 3.19. The van der Waals surface area contributed by atoms with Gasteiger partial charge in [-0.15, -0.1) is 0 Å². The van der Waals surface area contributed by atoms with Crippen LogP contribution in [0.2, 0.25) is 11.0 Å². The summed E-state index contributed by atoms with van der Waals surface area (Å²) in [6.07, 6.45) is 4.30. The SMILES string of the molecule is CC(C)C=N[CH](C(C)C)[Ru]([CH3])([CH3])[CH](N=CC(C)C)C(C)C. The molecule has 0 saturated carbocycles. The Bertz CT molecular complexity index is 309. The first-order valence-corrected chi connectivity index (χ1v) is 13.6. The molecule has 0 bridgehead atoms. The zero-order valence-electron chi connectivity index (χ0n) is 15.9. The van der Waals surface area contributed by atoms with Gasteiger partial charge in [0.05, 0.1) is 0 Å². The van der Waals surface area contributed by atoms with Crippen LogP contribution >= 0.6 is 0 Å². The molecule has 0 rings (SSSR count). The van der Waals surface area contributed by atoms with Crippen molar-refractivity contribution in [1.82, 2.24) is 0 Å². The molecule has 0 heterocycles. The van der Waals surface area contributed by atoms with Crippen LogP contribution in [0.4, 0.5) is 0 Å². The van der Waals surface area contributed by atoms with E-state index >= 15 is 0 Å². The van der Waals surface area contributed by atoms with Crippen LogP contribution in [0.15, 0.2) is 9.98 Å². The Hall–Kier alpha value is -0.0366. The van der Waals surface area contributed by atoms with Gasteiger partial charge in [0.2, 0.25) is 0 Å². The van der Waals surface area contributed by atoms with E-state index in [0.29, 0.717) is 32.9 Å². The number of aliphatic imine (C=N–C) groups is 2. The third-order valence-corrected chi connectivity index (χ3v) is 11.3. The van der Waals surface area contributed by atoms with Gasteiger partial charge in [0.25, 0.3) is 0 Å². The van der Waals surface area contributed by atoms with Gasteiger partial charge in [0.1, 0.15) is 0 Å². The molecule has 0 N–H and O–H groups in total. The standard InChI is InChI=1S/2C8H16N.2CH3.Ru/c2*1-7(2)5-9-6-8(3)4;;;/h2*5-8H,1-4H3;2*1H3;. The van der Waals surface area contributed by atoms with Crippen LogP contribution in [0.5, 0.6) is 0 Å². The minimum atomic E-state index is -1.99. The van der Waals surface area contributed by atoms with Crippen LogP contribution < -0.4 is 0 Å². The molecule has 128 valence electrons. The molecule has 2 unspecified atom stereocenters. The normalized spacial score (nSPS) is 17.8. The van der Waals surface area contributed by atoms with Crippen LogP contribution in [-0.4, -0.2) is 21.7 Å². The van der Waals surface area contributed by atoms with Gasteiger partial charge < -0.3 is 0 Å². The molecule has 0 amide bonds. The predicted octanol–water partition coefficient (Wildman–Crippen LogP) is 5.65. The van der Waals surface area contributed by atoms with Crippen molar-refractivity contribution in [3.63, 3.8) is 0 Å². The van der Waals surface area contributed by atoms with Gasteiger partial charge in [-0.05, 0) is 0 Å². The van der Waals surface area contributed by atoms with E-state index in [4.69, 9.17) is 9.98 Å². The molecule has 0 aliphatic carbocycles. The second-order valence-electron chi connectivity index (χ2n) is 7.58. The molecule has 21 heavy (non-hydrogen) atoms. The number of hydrogen-bond acceptors (Lipinski definition) is 2. The van der Waals surface area contributed by atoms with E-state index in [-0.39, 0.29) is 0 Å². The molecule has 0 saturated heterocycles. The monoisotopic (exact) mass is 384 g/mol. The van der Waals surface area contributed by atoms with Gasteiger partial charge in [-0.1, -0.05) is 0 Å². The van der Waals surface area contributed by atoms with E-state index in [0.717, 1.165) is 0 Å². The van der Waals surface area contributed by atoms with Gasteiger partial charge in [0, 0.05) is 0 Å². The molecule has 3 heteroatoms. The fourth-order valence-electron chi connectivity index (χ4n) is 2.46. The van der Waals surface area contributed by atoms with Crippen molar-refractivity contribution in [1.29, 1.82) is 0 Å². The Morgan fingerprint density at radius 1 is 0.619 bits per heavy atom. The summed E-state index contributed by atoms with van der Waals surface area (Å²) < 4.78 is 0.945. The first-order chi connectivity index (χ1) is 9.50. The molecule has 0 spiro atoms. The van der Waals surface area contributed by atoms with E-state index < -0.39 is 14.8 Å². The van der Waals surface area contributed by atoms with Crippen molar-refractivity contribution in [2.24, 2.45) is 33.7 Å². The molecule has 2 atom stereocenters. The molecule has 2 nitrogen and oxygen atoms in total. The first kappa shape index (κ1) is 21.0. The Balaban J connectivity index is 5.48. The maximum atomic E-state index is 5.00. The first-order valence-electron chi connectivity index (χ1n) is 8.10. The van der Waals surface area contributed by atoms with Crippen LogP contribution in [0.3, 0.4) is 0 Å². The second-order valence-corrected chi connectivity index (χ2v) is 16.0. The molecule has 0 aromatic carbocycles. The van der Waals surface area contributed by atoms with Crippen molar-refractivity contribution in [3.05, 3.63) is 0 Å². The summed E-state index contributed by atoms with van der Waals surface area (Å²) in [6.45, 7) is 18.1. The average Bonchev–Trinajstić information content (AvgIpc) is 2.26. The van der Waals surface area contributed by atoms with E-state index in [1.54, 1.807) is 0 Å². The van der Waals surface area contributed by atoms with Crippen LogP contribution in [0.25, 0.3) is 0 Å². The van der Waals surface area contributed by atoms with E-state index in [2.05, 4.69) is 78.9 Å². The predicted molar refractivity (Wildman–Crippen MR) is 95.6 cm³/mol. The van der Waals surface area contributed by atoms with Crippen LogP contribution in [0, 0.1) is 23.7 Å². The Labute approximate surface area is 136 Å². The van der Waals surface area contributed by atoms with Crippen molar-refractivity contribution in [2.45, 2.75) is 75.7 Å². The summed E-state index contributed by atoms with van der Waals surface area (Å²) in [5.74, 6) is 2.24. The van der Waals surface area contributed by atoms with Gasteiger partial charge in [-0.2, -0.15) is 0 Å². The quantitative estimate of drug-likeness (QED) is 0.382. The Kier molecular flexibility index (Phi) is 9.16. The van der Waals surface area contributed by atoms with E-state index in [1.165, 1.54) is 0 Å². The summed E-state index contributed by atoms with van der Waals surface area (Å²) in [4.78, 5) is 10.0. The van der Waals surface area contributed by atoms with E-state index in [9.17, 15) is 0 Å². The molecular weight excluding hydrogens is 345 g/mol. The van der Waals surface area contributed by atoms with Crippen molar-refractivity contribution < 1.29 is 14.8 Å². The second kappa shape index (κ2) is 9.18. The molecule has 0 radical (unpaired) electrons. The van der Waals surface area contributed by atoms with Crippen LogP contribution in [0.1, 0.15) is 55.4 Å². The van der Waals surface area contributed by atoms with E-state index in [1.807, 2.05) is 0 Å². The zero-order chi connectivity index (χ0) is 16.8. The number of nitrogens with zero attached hydrogens (tertiary/aromatic N) is 2. The Morgan fingerprint density at radius 3 is 1.10 bits per heavy atom. The fourth-order valence-corrected chi connectivity index (χ4v) is 10.7. The molecule has 0 aliphatic rings. The summed E-state index contributed by atoms with van der Waals surface area (Å²) in [5.41, 5.74) is 5.00. The van der Waals surface area contributed by atoms with Gasteiger partial charge >= 0.3 is 137 Å². The summed E-state index contributed by atoms with van der Waals surface area (Å²) in [7, 11) is 0. The summed E-state index contributed by atoms with van der Waals surface area (Å²) in [5, 5.41) is 0. The third kappa shape index (κ3) is 7.18. The molecular formula is C18H38N2Ru. The number of rotatable bonds is 8. The maximum absolute atomic E-state index is 5.00. The molecule has 0 fully saturated rings. The van der Waals surface area contributed by atoms with Crippen LogP contribution in [-0.2, 0) is 14.8 Å². The van der Waals surface area contributed by atoms with Crippen molar-refractivity contribution in [3.8, 4) is 0 Å². The molecule has 0 aliphatic heterocycles. The van der Waals surface area contributed by atoms with Gasteiger partial charge in [0.15, 0.2) is 0 Å². The van der Waals surface area contributed by atoms with Gasteiger partial charge in [-0.3, -0.25) is 0 Å². The number of hydrogen-bond donors (Lipinski definition) is 0. The summed E-state index contributed by atoms with van der Waals surface area (Å²) >= 11 is -1.99. The van der Waals surface area contributed by atoms with Crippen molar-refractivity contribution >= 4 is 12.4 Å². The van der Waals surface area contributed by atoms with Crippen molar-refractivity contribution in [2.75, 3.05) is 0 Å². The summed E-state index contributed by atoms with van der Waals surface area (Å²) in [6, 6.07) is 0. The average molecular weight is 384 g/mol. The minimum absolute atomic E-state index is 0.472. The Morgan fingerprint density at radius 2 is 0.905 bits per heavy atom. The zero-order valence-corrected chi connectivity index (χ0v) is 17.6.